The van der Waals surface area contributed by atoms with Gasteiger partial charge in [0.1, 0.15) is 6.04 Å². The average Bonchev–Trinajstić information content (AvgIpc) is 2.26. The van der Waals surface area contributed by atoms with Gasteiger partial charge >= 0.3 is 5.97 Å². The maximum atomic E-state index is 11.0. The lowest BCUT2D eigenvalue weighted by molar-refractivity contribution is -0.138. The molecule has 0 aliphatic rings. The number of benzene rings is 1. The summed E-state index contributed by atoms with van der Waals surface area (Å²) in [6.45, 7) is 13.0. The van der Waals surface area contributed by atoms with Crippen LogP contribution in [-0.4, -0.2) is 17.1 Å². The fourth-order valence-corrected chi connectivity index (χ4v) is 2.24. The van der Waals surface area contributed by atoms with Crippen LogP contribution in [0.25, 0.3) is 0 Å². The maximum absolute atomic E-state index is 11.0. The van der Waals surface area contributed by atoms with Crippen LogP contribution in [0.1, 0.15) is 58.2 Å². The van der Waals surface area contributed by atoms with Crippen LogP contribution in [0, 0.1) is 0 Å². The summed E-state index contributed by atoms with van der Waals surface area (Å²) in [5, 5.41) is 9.00. The Kier molecular flexibility index (Phi) is 4.65. The second-order valence-electron chi connectivity index (χ2n) is 7.52. The maximum Gasteiger partial charge on any atom is 0.320 e. The molecule has 0 heterocycles. The summed E-state index contributed by atoms with van der Waals surface area (Å²) in [6.07, 6.45) is 0.367. The number of carboxylic acids is 1. The number of hydrogen-bond acceptors (Lipinski definition) is 2. The van der Waals surface area contributed by atoms with Gasteiger partial charge < -0.3 is 10.8 Å². The topological polar surface area (TPSA) is 63.3 Å². The smallest absolute Gasteiger partial charge is 0.320 e. The highest BCUT2D eigenvalue weighted by molar-refractivity contribution is 5.73. The van der Waals surface area contributed by atoms with Gasteiger partial charge in [-0.2, -0.15) is 0 Å². The van der Waals surface area contributed by atoms with E-state index in [0.717, 1.165) is 5.56 Å². The molecule has 3 N–H and O–H groups in total. The summed E-state index contributed by atoms with van der Waals surface area (Å²) >= 11 is 0. The first kappa shape index (κ1) is 16.7. The Hall–Kier alpha value is -1.35. The lowest BCUT2D eigenvalue weighted by Crippen LogP contribution is -2.33. The Morgan fingerprint density at radius 1 is 1.15 bits per heavy atom. The molecule has 0 fully saturated rings. The molecule has 0 aliphatic heterocycles. The van der Waals surface area contributed by atoms with E-state index in [0.29, 0.717) is 6.42 Å². The predicted octanol–water partition coefficient (Wildman–Crippen LogP) is 3.24. The van der Waals surface area contributed by atoms with Crippen LogP contribution < -0.4 is 5.73 Å². The number of carbonyl (C=O) groups is 1. The van der Waals surface area contributed by atoms with Crippen molar-refractivity contribution >= 4 is 5.97 Å². The van der Waals surface area contributed by atoms with Crippen LogP contribution in [0.2, 0.25) is 0 Å². The van der Waals surface area contributed by atoms with Crippen molar-refractivity contribution in [3.05, 3.63) is 34.9 Å². The third-order valence-corrected chi connectivity index (χ3v) is 3.54. The van der Waals surface area contributed by atoms with Gasteiger partial charge in [-0.05, 0) is 33.9 Å². The molecule has 3 nitrogen and oxygen atoms in total. The number of hydrogen-bond donors (Lipinski definition) is 2. The predicted molar refractivity (Wildman–Crippen MR) is 83.2 cm³/mol. The van der Waals surface area contributed by atoms with Crippen molar-refractivity contribution in [3.8, 4) is 0 Å². The molecule has 3 heteroatoms. The minimum Gasteiger partial charge on any atom is -0.480 e. The lowest BCUT2D eigenvalue weighted by atomic mass is 9.77. The molecule has 0 aromatic heterocycles. The third-order valence-electron chi connectivity index (χ3n) is 3.54. The van der Waals surface area contributed by atoms with E-state index in [1.807, 2.05) is 6.07 Å². The van der Waals surface area contributed by atoms with Gasteiger partial charge in [0.25, 0.3) is 0 Å². The minimum absolute atomic E-state index is 0.0329. The van der Waals surface area contributed by atoms with Crippen molar-refractivity contribution < 1.29 is 9.90 Å². The van der Waals surface area contributed by atoms with Gasteiger partial charge in [-0.1, -0.05) is 59.7 Å². The van der Waals surface area contributed by atoms with Crippen molar-refractivity contribution in [2.45, 2.75) is 64.8 Å². The zero-order valence-corrected chi connectivity index (χ0v) is 13.4. The molecular formula is C17H27NO2. The van der Waals surface area contributed by atoms with E-state index in [1.165, 1.54) is 11.1 Å². The molecule has 0 unspecified atom stereocenters. The molecule has 0 saturated carbocycles. The quantitative estimate of drug-likeness (QED) is 0.891. The summed E-state index contributed by atoms with van der Waals surface area (Å²) in [6, 6.07) is 5.46. The first-order chi connectivity index (χ1) is 8.93. The first-order valence-corrected chi connectivity index (χ1v) is 7.05. The van der Waals surface area contributed by atoms with Gasteiger partial charge in [-0.15, -0.1) is 0 Å². The molecule has 112 valence electrons. The fraction of sp³-hybridized carbons (Fsp3) is 0.588. The van der Waals surface area contributed by atoms with Crippen LogP contribution in [-0.2, 0) is 22.0 Å². The van der Waals surface area contributed by atoms with Gasteiger partial charge in [0, 0.05) is 0 Å². The number of carboxylic acid groups (broad SMARTS) is 1. The standard InChI is InChI=1S/C17H27NO2/c1-16(2,3)12-8-7-11(9-14(18)15(19)20)13(10-12)17(4,5)6/h7-8,10,14H,9,18H2,1-6H3,(H,19,20)/t14-/m0/s1. The van der Waals surface area contributed by atoms with Crippen molar-refractivity contribution in [3.63, 3.8) is 0 Å². The van der Waals surface area contributed by atoms with Gasteiger partial charge in [0.15, 0.2) is 0 Å². The Morgan fingerprint density at radius 2 is 1.70 bits per heavy atom. The van der Waals surface area contributed by atoms with E-state index >= 15 is 0 Å². The highest BCUT2D eigenvalue weighted by Gasteiger charge is 2.24. The molecule has 1 atom stereocenters. The van der Waals surface area contributed by atoms with Gasteiger partial charge in [-0.3, -0.25) is 4.79 Å². The largest absolute Gasteiger partial charge is 0.480 e. The number of rotatable bonds is 3. The summed E-state index contributed by atoms with van der Waals surface area (Å²) in [4.78, 5) is 11.0. The van der Waals surface area contributed by atoms with E-state index in [4.69, 9.17) is 10.8 Å². The molecule has 0 amide bonds. The van der Waals surface area contributed by atoms with Crippen molar-refractivity contribution in [1.29, 1.82) is 0 Å². The van der Waals surface area contributed by atoms with Gasteiger partial charge in [0.05, 0.1) is 0 Å². The highest BCUT2D eigenvalue weighted by Crippen LogP contribution is 2.32. The zero-order chi connectivity index (χ0) is 15.7. The summed E-state index contributed by atoms with van der Waals surface area (Å²) in [5.74, 6) is -0.954. The Morgan fingerprint density at radius 3 is 2.10 bits per heavy atom. The normalized spacial score (nSPS) is 14.2. The van der Waals surface area contributed by atoms with Gasteiger partial charge in [-0.25, -0.2) is 0 Å². The van der Waals surface area contributed by atoms with Crippen LogP contribution in [0.3, 0.4) is 0 Å². The van der Waals surface area contributed by atoms with Crippen LogP contribution >= 0.6 is 0 Å². The highest BCUT2D eigenvalue weighted by atomic mass is 16.4. The molecule has 1 aromatic carbocycles. The molecule has 0 aliphatic carbocycles. The average molecular weight is 277 g/mol. The Labute approximate surface area is 122 Å². The van der Waals surface area contributed by atoms with Gasteiger partial charge in [0.2, 0.25) is 0 Å². The minimum atomic E-state index is -0.954. The van der Waals surface area contributed by atoms with Crippen molar-refractivity contribution in [2.24, 2.45) is 5.73 Å². The second-order valence-corrected chi connectivity index (χ2v) is 7.52. The van der Waals surface area contributed by atoms with Crippen LogP contribution in [0.5, 0.6) is 0 Å². The van der Waals surface area contributed by atoms with Crippen LogP contribution in [0.15, 0.2) is 18.2 Å². The molecule has 20 heavy (non-hydrogen) atoms. The van der Waals surface area contributed by atoms with Crippen molar-refractivity contribution in [2.75, 3.05) is 0 Å². The molecule has 1 rings (SSSR count). The van der Waals surface area contributed by atoms with E-state index in [2.05, 4.69) is 53.7 Å². The molecule has 0 spiro atoms. The van der Waals surface area contributed by atoms with E-state index in [9.17, 15) is 4.79 Å². The monoisotopic (exact) mass is 277 g/mol. The molecule has 0 bridgehead atoms. The molecule has 0 saturated heterocycles. The third kappa shape index (κ3) is 4.07. The first-order valence-electron chi connectivity index (χ1n) is 7.05. The zero-order valence-electron chi connectivity index (χ0n) is 13.4. The van der Waals surface area contributed by atoms with Crippen LogP contribution in [0.4, 0.5) is 0 Å². The Balaban J connectivity index is 3.28. The second kappa shape index (κ2) is 5.57. The SMILES string of the molecule is CC(C)(C)c1ccc(C[C@H](N)C(=O)O)c(C(C)(C)C)c1. The lowest BCUT2D eigenvalue weighted by Gasteiger charge is -2.28. The molecular weight excluding hydrogens is 250 g/mol. The molecule has 1 aromatic rings. The van der Waals surface area contributed by atoms with E-state index in [1.54, 1.807) is 0 Å². The van der Waals surface area contributed by atoms with Crippen molar-refractivity contribution in [1.82, 2.24) is 0 Å². The number of aliphatic carboxylic acids is 1. The number of nitrogens with two attached hydrogens (primary N) is 1. The van der Waals surface area contributed by atoms with E-state index in [-0.39, 0.29) is 10.8 Å². The Bertz CT molecular complexity index is 493. The fourth-order valence-electron chi connectivity index (χ4n) is 2.24. The summed E-state index contributed by atoms with van der Waals surface area (Å²) in [5.41, 5.74) is 9.20. The molecule has 0 radical (unpaired) electrons. The summed E-state index contributed by atoms with van der Waals surface area (Å²) < 4.78 is 0. The summed E-state index contributed by atoms with van der Waals surface area (Å²) in [7, 11) is 0. The van der Waals surface area contributed by atoms with E-state index < -0.39 is 12.0 Å².